The number of nitrogens with zero attached hydrogens (tertiary/aromatic N) is 2. The Labute approximate surface area is 105 Å². The quantitative estimate of drug-likeness (QED) is 0.893. The van der Waals surface area contributed by atoms with Crippen LogP contribution in [0.2, 0.25) is 0 Å². The van der Waals surface area contributed by atoms with Gasteiger partial charge in [-0.05, 0) is 11.1 Å². The number of nitrogens with one attached hydrogen (secondary N) is 1. The highest BCUT2D eigenvalue weighted by Gasteiger charge is 2.03. The zero-order valence-corrected chi connectivity index (χ0v) is 10.2. The minimum absolute atomic E-state index is 0.190. The molecule has 5 heteroatoms. The minimum Gasteiger partial charge on any atom is -0.380 e. The largest absolute Gasteiger partial charge is 0.380 e. The fourth-order valence-electron chi connectivity index (χ4n) is 1.64. The number of hydrogen-bond acceptors (Lipinski definition) is 3. The van der Waals surface area contributed by atoms with Gasteiger partial charge in [-0.25, -0.2) is 9.78 Å². The van der Waals surface area contributed by atoms with Crippen molar-refractivity contribution in [2.45, 2.75) is 13.2 Å². The van der Waals surface area contributed by atoms with Gasteiger partial charge in [-0.3, -0.25) is 4.57 Å². The van der Waals surface area contributed by atoms with Gasteiger partial charge in [-0.1, -0.05) is 24.3 Å². The predicted molar refractivity (Wildman–Crippen MR) is 67.0 cm³/mol. The third-order valence-electron chi connectivity index (χ3n) is 2.49. The topological polar surface area (TPSA) is 56.1 Å². The first kappa shape index (κ1) is 12.3. The lowest BCUT2D eigenvalue weighted by Crippen LogP contribution is -2.27. The molecular weight excluding hydrogens is 230 g/mol. The molecule has 0 aliphatic rings. The smallest absolute Gasteiger partial charge is 0.327 e. The fraction of sp³-hybridized carbons (Fsp3) is 0.231. The van der Waals surface area contributed by atoms with Gasteiger partial charge in [0.25, 0.3) is 0 Å². The summed E-state index contributed by atoms with van der Waals surface area (Å²) >= 11 is 0. The lowest BCUT2D eigenvalue weighted by atomic mass is 10.1. The van der Waals surface area contributed by atoms with Crippen molar-refractivity contribution in [2.75, 3.05) is 7.11 Å². The van der Waals surface area contributed by atoms with E-state index in [0.29, 0.717) is 13.2 Å². The van der Waals surface area contributed by atoms with Crippen LogP contribution in [0.5, 0.6) is 0 Å². The van der Waals surface area contributed by atoms with E-state index in [1.54, 1.807) is 19.5 Å². The second-order valence-corrected chi connectivity index (χ2v) is 3.88. The standard InChI is InChI=1S/C13H15N3O2/c1-18-9-12-4-2-3-11(7-12)8-15-13(17)16-6-5-14-10-16/h2-7,10H,8-9H2,1H3,(H,15,17). The van der Waals surface area contributed by atoms with Gasteiger partial charge in [0.05, 0.1) is 6.61 Å². The Morgan fingerprint density at radius 1 is 1.44 bits per heavy atom. The molecule has 0 spiro atoms. The van der Waals surface area contributed by atoms with Gasteiger partial charge in [-0.2, -0.15) is 0 Å². The van der Waals surface area contributed by atoms with E-state index in [2.05, 4.69) is 10.3 Å². The van der Waals surface area contributed by atoms with Gasteiger partial charge in [-0.15, -0.1) is 0 Å². The number of ether oxygens (including phenoxy) is 1. The molecule has 0 radical (unpaired) electrons. The molecule has 1 heterocycles. The number of hydrogen-bond donors (Lipinski definition) is 1. The molecule has 18 heavy (non-hydrogen) atoms. The zero-order chi connectivity index (χ0) is 12.8. The number of carbonyl (C=O) groups is 1. The maximum atomic E-state index is 11.7. The molecule has 0 saturated carbocycles. The summed E-state index contributed by atoms with van der Waals surface area (Å²) in [6.07, 6.45) is 4.64. The molecule has 1 N–H and O–H groups in total. The van der Waals surface area contributed by atoms with E-state index in [1.807, 2.05) is 24.3 Å². The normalized spacial score (nSPS) is 10.3. The molecule has 1 aromatic heterocycles. The van der Waals surface area contributed by atoms with E-state index in [4.69, 9.17) is 4.74 Å². The van der Waals surface area contributed by atoms with Crippen LogP contribution in [-0.4, -0.2) is 22.7 Å². The van der Waals surface area contributed by atoms with E-state index >= 15 is 0 Å². The Morgan fingerprint density at radius 2 is 2.28 bits per heavy atom. The first-order valence-corrected chi connectivity index (χ1v) is 5.62. The molecule has 5 nitrogen and oxygen atoms in total. The molecule has 0 aliphatic heterocycles. The molecular formula is C13H15N3O2. The lowest BCUT2D eigenvalue weighted by Gasteiger charge is -2.07. The van der Waals surface area contributed by atoms with Crippen LogP contribution < -0.4 is 5.32 Å². The molecule has 0 saturated heterocycles. The molecule has 2 rings (SSSR count). The highest BCUT2D eigenvalue weighted by atomic mass is 16.5. The van der Waals surface area contributed by atoms with Crippen molar-refractivity contribution in [1.82, 2.24) is 14.9 Å². The van der Waals surface area contributed by atoms with Gasteiger partial charge in [0.15, 0.2) is 0 Å². The molecule has 1 aromatic carbocycles. The third-order valence-corrected chi connectivity index (χ3v) is 2.49. The van der Waals surface area contributed by atoms with Crippen molar-refractivity contribution in [2.24, 2.45) is 0 Å². The van der Waals surface area contributed by atoms with E-state index in [9.17, 15) is 4.79 Å². The van der Waals surface area contributed by atoms with Crippen LogP contribution in [0.3, 0.4) is 0 Å². The van der Waals surface area contributed by atoms with Gasteiger partial charge in [0.1, 0.15) is 6.33 Å². The molecule has 0 atom stereocenters. The van der Waals surface area contributed by atoms with Crippen LogP contribution in [0, 0.1) is 0 Å². The lowest BCUT2D eigenvalue weighted by molar-refractivity contribution is 0.185. The number of rotatable bonds is 4. The predicted octanol–water partition coefficient (Wildman–Crippen LogP) is 1.79. The van der Waals surface area contributed by atoms with Crippen molar-refractivity contribution in [3.05, 3.63) is 54.1 Å². The van der Waals surface area contributed by atoms with Crippen LogP contribution in [0.4, 0.5) is 4.79 Å². The Morgan fingerprint density at radius 3 is 3.00 bits per heavy atom. The number of carbonyl (C=O) groups excluding carboxylic acids is 1. The maximum absolute atomic E-state index is 11.7. The van der Waals surface area contributed by atoms with Gasteiger partial charge in [0.2, 0.25) is 0 Å². The molecule has 0 fully saturated rings. The zero-order valence-electron chi connectivity index (χ0n) is 10.2. The number of methoxy groups -OCH3 is 1. The highest BCUT2D eigenvalue weighted by Crippen LogP contribution is 2.06. The number of imidazole rings is 1. The Hall–Kier alpha value is -2.14. The summed E-state index contributed by atoms with van der Waals surface area (Å²) in [4.78, 5) is 15.5. The van der Waals surface area contributed by atoms with E-state index in [-0.39, 0.29) is 6.03 Å². The van der Waals surface area contributed by atoms with Gasteiger partial charge < -0.3 is 10.1 Å². The van der Waals surface area contributed by atoms with Crippen LogP contribution in [0.15, 0.2) is 43.0 Å². The van der Waals surface area contributed by atoms with Crippen molar-refractivity contribution in [3.63, 3.8) is 0 Å². The second-order valence-electron chi connectivity index (χ2n) is 3.88. The first-order chi connectivity index (χ1) is 8.79. The van der Waals surface area contributed by atoms with E-state index in [0.717, 1.165) is 11.1 Å². The number of amides is 1. The summed E-state index contributed by atoms with van der Waals surface area (Å²) in [6.45, 7) is 1.05. The second kappa shape index (κ2) is 5.97. The monoisotopic (exact) mass is 245 g/mol. The molecule has 94 valence electrons. The molecule has 1 amide bonds. The maximum Gasteiger partial charge on any atom is 0.327 e. The number of aromatic nitrogens is 2. The van der Waals surface area contributed by atoms with E-state index in [1.165, 1.54) is 10.9 Å². The average molecular weight is 245 g/mol. The van der Waals surface area contributed by atoms with Crippen LogP contribution >= 0.6 is 0 Å². The summed E-state index contributed by atoms with van der Waals surface area (Å²) in [5.74, 6) is 0. The average Bonchev–Trinajstić information content (AvgIpc) is 2.91. The summed E-state index contributed by atoms with van der Waals surface area (Å²) in [7, 11) is 1.66. The fourth-order valence-corrected chi connectivity index (χ4v) is 1.64. The molecule has 0 aliphatic carbocycles. The highest BCUT2D eigenvalue weighted by molar-refractivity contribution is 5.76. The Kier molecular flexibility index (Phi) is 4.09. The van der Waals surface area contributed by atoms with Crippen LogP contribution in [0.1, 0.15) is 11.1 Å². The molecule has 0 bridgehead atoms. The van der Waals surface area contributed by atoms with Crippen LogP contribution in [0.25, 0.3) is 0 Å². The Bertz CT molecular complexity index is 509. The molecule has 0 unspecified atom stereocenters. The molecule has 2 aromatic rings. The van der Waals surface area contributed by atoms with Crippen molar-refractivity contribution in [1.29, 1.82) is 0 Å². The summed E-state index contributed by atoms with van der Waals surface area (Å²) in [5.41, 5.74) is 2.13. The number of benzene rings is 1. The minimum atomic E-state index is -0.190. The summed E-state index contributed by atoms with van der Waals surface area (Å²) in [6, 6.07) is 7.73. The van der Waals surface area contributed by atoms with Crippen LogP contribution in [-0.2, 0) is 17.9 Å². The first-order valence-electron chi connectivity index (χ1n) is 5.62. The van der Waals surface area contributed by atoms with Crippen molar-refractivity contribution < 1.29 is 9.53 Å². The summed E-state index contributed by atoms with van der Waals surface area (Å²) < 4.78 is 6.47. The van der Waals surface area contributed by atoms with Crippen molar-refractivity contribution in [3.8, 4) is 0 Å². The SMILES string of the molecule is COCc1cccc(CNC(=O)n2ccnc2)c1. The summed E-state index contributed by atoms with van der Waals surface area (Å²) in [5, 5.41) is 2.81. The van der Waals surface area contributed by atoms with Gasteiger partial charge in [0, 0.05) is 26.0 Å². The Balaban J connectivity index is 1.93. The van der Waals surface area contributed by atoms with Gasteiger partial charge >= 0.3 is 6.03 Å². The third kappa shape index (κ3) is 3.18. The van der Waals surface area contributed by atoms with Crippen molar-refractivity contribution >= 4 is 6.03 Å². The van der Waals surface area contributed by atoms with E-state index < -0.39 is 0 Å².